The summed E-state index contributed by atoms with van der Waals surface area (Å²) in [7, 11) is 3.94. The molecule has 1 amide bonds. The van der Waals surface area contributed by atoms with E-state index >= 15 is 0 Å². The third-order valence-electron chi connectivity index (χ3n) is 4.66. The maximum Gasteiger partial charge on any atom is 0.253 e. The number of anilines is 2. The number of rotatable bonds is 5. The maximum absolute atomic E-state index is 12.4. The van der Waals surface area contributed by atoms with Crippen molar-refractivity contribution in [2.45, 2.75) is 44.7 Å². The van der Waals surface area contributed by atoms with Crippen molar-refractivity contribution in [1.82, 2.24) is 20.3 Å². The zero-order valence-electron chi connectivity index (χ0n) is 15.9. The van der Waals surface area contributed by atoms with Crippen LogP contribution in [-0.4, -0.2) is 47.0 Å². The van der Waals surface area contributed by atoms with Crippen molar-refractivity contribution < 1.29 is 4.79 Å². The summed E-state index contributed by atoms with van der Waals surface area (Å²) in [5, 5.41) is 6.64. The van der Waals surface area contributed by atoms with Crippen molar-refractivity contribution in [2.75, 3.05) is 24.3 Å². The molecule has 8 heteroatoms. The quantitative estimate of drug-likeness (QED) is 0.754. The summed E-state index contributed by atoms with van der Waals surface area (Å²) in [6.07, 6.45) is 7.12. The first-order chi connectivity index (χ1) is 12.9. The minimum absolute atomic E-state index is 0.0674. The first-order valence-corrected chi connectivity index (χ1v) is 9.91. The van der Waals surface area contributed by atoms with Gasteiger partial charge >= 0.3 is 0 Å². The van der Waals surface area contributed by atoms with Crippen molar-refractivity contribution in [3.63, 3.8) is 0 Å². The van der Waals surface area contributed by atoms with E-state index in [4.69, 9.17) is 0 Å². The van der Waals surface area contributed by atoms with E-state index in [0.717, 1.165) is 47.6 Å². The SMILES string of the molecule is Cc1nc(NC2CCC(NC(=O)c3cncc(Br)c3)CC2)cc(N(C)C)n1. The number of nitrogens with one attached hydrogen (secondary N) is 2. The molecule has 144 valence electrons. The first-order valence-electron chi connectivity index (χ1n) is 9.11. The highest BCUT2D eigenvalue weighted by Crippen LogP contribution is 2.23. The lowest BCUT2D eigenvalue weighted by atomic mass is 9.91. The Balaban J connectivity index is 1.53. The molecular weight excluding hydrogens is 408 g/mol. The predicted octanol–water partition coefficient (Wildman–Crippen LogP) is 3.16. The van der Waals surface area contributed by atoms with E-state index in [1.165, 1.54) is 0 Å². The monoisotopic (exact) mass is 432 g/mol. The van der Waals surface area contributed by atoms with E-state index in [2.05, 4.69) is 41.5 Å². The number of amides is 1. The van der Waals surface area contributed by atoms with E-state index in [1.807, 2.05) is 32.0 Å². The molecule has 0 spiro atoms. The number of carbonyl (C=O) groups is 1. The van der Waals surface area contributed by atoms with E-state index in [-0.39, 0.29) is 11.9 Å². The summed E-state index contributed by atoms with van der Waals surface area (Å²) in [5.74, 6) is 2.45. The third kappa shape index (κ3) is 5.38. The molecule has 2 heterocycles. The molecule has 27 heavy (non-hydrogen) atoms. The molecule has 0 aromatic carbocycles. The van der Waals surface area contributed by atoms with Crippen LogP contribution < -0.4 is 15.5 Å². The summed E-state index contributed by atoms with van der Waals surface area (Å²) in [5.41, 5.74) is 0.581. The number of carbonyl (C=O) groups excluding carboxylic acids is 1. The van der Waals surface area contributed by atoms with Crippen LogP contribution in [0.3, 0.4) is 0 Å². The van der Waals surface area contributed by atoms with Gasteiger partial charge < -0.3 is 15.5 Å². The fourth-order valence-electron chi connectivity index (χ4n) is 3.25. The zero-order chi connectivity index (χ0) is 19.4. The summed E-state index contributed by atoms with van der Waals surface area (Å²) in [6.45, 7) is 1.90. The largest absolute Gasteiger partial charge is 0.367 e. The van der Waals surface area contributed by atoms with Crippen molar-refractivity contribution in [3.8, 4) is 0 Å². The van der Waals surface area contributed by atoms with Gasteiger partial charge in [-0.2, -0.15) is 0 Å². The molecule has 3 rings (SSSR count). The van der Waals surface area contributed by atoms with Gasteiger partial charge in [0.25, 0.3) is 5.91 Å². The highest BCUT2D eigenvalue weighted by Gasteiger charge is 2.23. The summed E-state index contributed by atoms with van der Waals surface area (Å²) in [4.78, 5) is 27.3. The highest BCUT2D eigenvalue weighted by molar-refractivity contribution is 9.10. The molecule has 1 aliphatic carbocycles. The zero-order valence-corrected chi connectivity index (χ0v) is 17.5. The number of nitrogens with zero attached hydrogens (tertiary/aromatic N) is 4. The Labute approximate surface area is 168 Å². The average Bonchev–Trinajstić information content (AvgIpc) is 2.63. The standard InChI is InChI=1S/C19H25BrN6O/c1-12-22-17(9-18(23-12)26(2)3)24-15-4-6-16(7-5-15)25-19(27)13-8-14(20)11-21-10-13/h8-11,15-16H,4-7H2,1-3H3,(H,25,27)(H,22,23,24). The molecular formula is C19H25BrN6O. The number of hydrogen-bond donors (Lipinski definition) is 2. The van der Waals surface area contributed by atoms with Crippen LogP contribution in [-0.2, 0) is 0 Å². The van der Waals surface area contributed by atoms with Crippen LogP contribution in [0.4, 0.5) is 11.6 Å². The molecule has 2 aromatic heterocycles. The first kappa shape index (κ1) is 19.5. The van der Waals surface area contributed by atoms with E-state index < -0.39 is 0 Å². The molecule has 2 aromatic rings. The van der Waals surface area contributed by atoms with Gasteiger partial charge in [0, 0.05) is 49.1 Å². The lowest BCUT2D eigenvalue weighted by Crippen LogP contribution is -2.40. The van der Waals surface area contributed by atoms with Crippen LogP contribution >= 0.6 is 15.9 Å². The molecule has 0 unspecified atom stereocenters. The fourth-order valence-corrected chi connectivity index (χ4v) is 3.62. The number of aryl methyl sites for hydroxylation is 1. The lowest BCUT2D eigenvalue weighted by Gasteiger charge is -2.30. The Morgan fingerprint density at radius 1 is 1.11 bits per heavy atom. The average molecular weight is 433 g/mol. The fraction of sp³-hybridized carbons (Fsp3) is 0.474. The van der Waals surface area contributed by atoms with Crippen LogP contribution in [0.5, 0.6) is 0 Å². The number of aromatic nitrogens is 3. The molecule has 0 aliphatic heterocycles. The Hall–Kier alpha value is -2.22. The Morgan fingerprint density at radius 2 is 1.81 bits per heavy atom. The van der Waals surface area contributed by atoms with Crippen LogP contribution in [0.1, 0.15) is 41.9 Å². The van der Waals surface area contributed by atoms with Gasteiger partial charge in [-0.15, -0.1) is 0 Å². The van der Waals surface area contributed by atoms with Crippen molar-refractivity contribution in [3.05, 3.63) is 40.4 Å². The molecule has 2 N–H and O–H groups in total. The Bertz CT molecular complexity index is 805. The summed E-state index contributed by atoms with van der Waals surface area (Å²) < 4.78 is 0.806. The van der Waals surface area contributed by atoms with Crippen molar-refractivity contribution in [2.24, 2.45) is 0 Å². The van der Waals surface area contributed by atoms with Crippen LogP contribution in [0, 0.1) is 6.92 Å². The van der Waals surface area contributed by atoms with E-state index in [1.54, 1.807) is 18.5 Å². The smallest absolute Gasteiger partial charge is 0.253 e. The van der Waals surface area contributed by atoms with Gasteiger partial charge in [0.05, 0.1) is 5.56 Å². The number of halogens is 1. The topological polar surface area (TPSA) is 83.0 Å². The minimum atomic E-state index is -0.0674. The summed E-state index contributed by atoms with van der Waals surface area (Å²) in [6, 6.07) is 4.31. The second kappa shape index (κ2) is 8.65. The second-order valence-corrected chi connectivity index (χ2v) is 8.03. The van der Waals surface area contributed by atoms with Gasteiger partial charge in [0.15, 0.2) is 0 Å². The van der Waals surface area contributed by atoms with Gasteiger partial charge in [-0.05, 0) is 54.6 Å². The molecule has 0 saturated heterocycles. The molecule has 1 aliphatic rings. The van der Waals surface area contributed by atoms with Gasteiger partial charge in [0.2, 0.25) is 0 Å². The van der Waals surface area contributed by atoms with Gasteiger partial charge in [-0.1, -0.05) is 0 Å². The maximum atomic E-state index is 12.4. The normalized spacial score (nSPS) is 19.4. The Morgan fingerprint density at radius 3 is 2.48 bits per heavy atom. The molecule has 7 nitrogen and oxygen atoms in total. The van der Waals surface area contributed by atoms with Crippen molar-refractivity contribution in [1.29, 1.82) is 0 Å². The van der Waals surface area contributed by atoms with Crippen molar-refractivity contribution >= 4 is 33.5 Å². The van der Waals surface area contributed by atoms with E-state index in [9.17, 15) is 4.79 Å². The number of hydrogen-bond acceptors (Lipinski definition) is 6. The van der Waals surface area contributed by atoms with Gasteiger partial charge in [-0.25, -0.2) is 9.97 Å². The van der Waals surface area contributed by atoms with Crippen LogP contribution in [0.2, 0.25) is 0 Å². The highest BCUT2D eigenvalue weighted by atomic mass is 79.9. The molecule has 0 atom stereocenters. The predicted molar refractivity (Wildman–Crippen MR) is 110 cm³/mol. The van der Waals surface area contributed by atoms with Gasteiger partial charge in [0.1, 0.15) is 17.5 Å². The van der Waals surface area contributed by atoms with Crippen LogP contribution in [0.25, 0.3) is 0 Å². The van der Waals surface area contributed by atoms with Gasteiger partial charge in [-0.3, -0.25) is 9.78 Å². The molecule has 0 radical (unpaired) electrons. The molecule has 1 saturated carbocycles. The Kier molecular flexibility index (Phi) is 6.26. The molecule has 1 fully saturated rings. The van der Waals surface area contributed by atoms with E-state index in [0.29, 0.717) is 11.6 Å². The molecule has 0 bridgehead atoms. The second-order valence-electron chi connectivity index (χ2n) is 7.11. The summed E-state index contributed by atoms with van der Waals surface area (Å²) >= 11 is 3.35. The number of pyridine rings is 1. The lowest BCUT2D eigenvalue weighted by molar-refractivity contribution is 0.0926. The van der Waals surface area contributed by atoms with Crippen LogP contribution in [0.15, 0.2) is 29.0 Å². The third-order valence-corrected chi connectivity index (χ3v) is 5.10. The minimum Gasteiger partial charge on any atom is -0.367 e.